The normalized spacial score (nSPS) is 15.7. The summed E-state index contributed by atoms with van der Waals surface area (Å²) in [5, 5.41) is 3.18. The van der Waals surface area contributed by atoms with Crippen molar-refractivity contribution >= 4 is 17.7 Å². The Kier molecular flexibility index (Phi) is 6.46. The average molecular weight is 397 g/mol. The van der Waals surface area contributed by atoms with Crippen LogP contribution in [0.1, 0.15) is 32.1 Å². The predicted molar refractivity (Wildman–Crippen MR) is 99.5 cm³/mol. The molecule has 0 bridgehead atoms. The smallest absolute Gasteiger partial charge is 0.353 e. The van der Waals surface area contributed by atoms with Gasteiger partial charge < -0.3 is 9.88 Å². The SMILES string of the molecule is O=C(CSc1ncc(-c2ccccc2)n1CC(F)(F)F)NC1CCCCC1. The van der Waals surface area contributed by atoms with Gasteiger partial charge in [-0.15, -0.1) is 0 Å². The number of halogens is 3. The van der Waals surface area contributed by atoms with E-state index >= 15 is 0 Å². The second-order valence-electron chi connectivity index (χ2n) is 6.68. The Balaban J connectivity index is 1.70. The number of alkyl halides is 3. The van der Waals surface area contributed by atoms with Crippen LogP contribution in [0.15, 0.2) is 41.7 Å². The molecular formula is C19H22F3N3OS. The second-order valence-corrected chi connectivity index (χ2v) is 7.63. The first-order valence-electron chi connectivity index (χ1n) is 9.02. The van der Waals surface area contributed by atoms with E-state index in [0.29, 0.717) is 11.3 Å². The molecule has 3 rings (SSSR count). The van der Waals surface area contributed by atoms with Crippen molar-refractivity contribution in [3.63, 3.8) is 0 Å². The van der Waals surface area contributed by atoms with E-state index in [1.165, 1.54) is 12.6 Å². The Morgan fingerprint density at radius 2 is 1.89 bits per heavy atom. The van der Waals surface area contributed by atoms with Crippen LogP contribution in [0.3, 0.4) is 0 Å². The van der Waals surface area contributed by atoms with Crippen molar-refractivity contribution in [3.8, 4) is 11.3 Å². The third-order valence-corrected chi connectivity index (χ3v) is 5.52. The minimum Gasteiger partial charge on any atom is -0.353 e. The summed E-state index contributed by atoms with van der Waals surface area (Å²) in [6.45, 7) is -1.14. The van der Waals surface area contributed by atoms with Gasteiger partial charge in [-0.1, -0.05) is 61.4 Å². The van der Waals surface area contributed by atoms with Crippen molar-refractivity contribution < 1.29 is 18.0 Å². The molecule has 4 nitrogen and oxygen atoms in total. The van der Waals surface area contributed by atoms with Crippen LogP contribution in [-0.2, 0) is 11.3 Å². The van der Waals surface area contributed by atoms with Gasteiger partial charge in [0.15, 0.2) is 5.16 Å². The number of nitrogens with zero attached hydrogens (tertiary/aromatic N) is 2. The lowest BCUT2D eigenvalue weighted by Gasteiger charge is -2.22. The maximum Gasteiger partial charge on any atom is 0.406 e. The van der Waals surface area contributed by atoms with E-state index in [0.717, 1.165) is 42.0 Å². The molecule has 1 aromatic heterocycles. The lowest BCUT2D eigenvalue weighted by Crippen LogP contribution is -2.37. The molecule has 1 aliphatic carbocycles. The van der Waals surface area contributed by atoms with Crippen LogP contribution in [0.2, 0.25) is 0 Å². The van der Waals surface area contributed by atoms with Crippen LogP contribution >= 0.6 is 11.8 Å². The number of benzene rings is 1. The zero-order valence-electron chi connectivity index (χ0n) is 14.8. The zero-order valence-corrected chi connectivity index (χ0v) is 15.7. The molecule has 1 fully saturated rings. The molecule has 1 aromatic carbocycles. The molecule has 0 aliphatic heterocycles. The largest absolute Gasteiger partial charge is 0.406 e. The summed E-state index contributed by atoms with van der Waals surface area (Å²) >= 11 is 1.04. The molecule has 146 valence electrons. The molecule has 27 heavy (non-hydrogen) atoms. The third-order valence-electron chi connectivity index (χ3n) is 4.53. The van der Waals surface area contributed by atoms with Crippen LogP contribution in [0.5, 0.6) is 0 Å². The summed E-state index contributed by atoms with van der Waals surface area (Å²) < 4.78 is 40.3. The number of rotatable bonds is 6. The molecule has 0 radical (unpaired) electrons. The summed E-state index contributed by atoms with van der Waals surface area (Å²) in [4.78, 5) is 16.3. The van der Waals surface area contributed by atoms with Crippen LogP contribution in [0, 0.1) is 0 Å². The molecule has 8 heteroatoms. The van der Waals surface area contributed by atoms with E-state index in [2.05, 4.69) is 10.3 Å². The third kappa shape index (κ3) is 5.76. The molecular weight excluding hydrogens is 375 g/mol. The molecule has 0 unspecified atom stereocenters. The number of amides is 1. The van der Waals surface area contributed by atoms with Gasteiger partial charge in [-0.05, 0) is 18.4 Å². The van der Waals surface area contributed by atoms with E-state index in [1.54, 1.807) is 30.3 Å². The van der Waals surface area contributed by atoms with Gasteiger partial charge in [0, 0.05) is 6.04 Å². The van der Waals surface area contributed by atoms with E-state index in [4.69, 9.17) is 0 Å². The number of thioether (sulfide) groups is 1. The number of hydrogen-bond acceptors (Lipinski definition) is 3. The van der Waals surface area contributed by atoms with Crippen LogP contribution in [0.25, 0.3) is 11.3 Å². The zero-order chi connectivity index (χ0) is 19.3. The number of carbonyl (C=O) groups excluding carboxylic acids is 1. The van der Waals surface area contributed by atoms with Gasteiger partial charge in [-0.2, -0.15) is 13.2 Å². The topological polar surface area (TPSA) is 46.9 Å². The summed E-state index contributed by atoms with van der Waals surface area (Å²) in [5.41, 5.74) is 1.05. The molecule has 1 N–H and O–H groups in total. The molecule has 0 spiro atoms. The highest BCUT2D eigenvalue weighted by Crippen LogP contribution is 2.30. The number of carbonyl (C=O) groups is 1. The quantitative estimate of drug-likeness (QED) is 0.722. The van der Waals surface area contributed by atoms with E-state index in [9.17, 15) is 18.0 Å². The first-order valence-corrected chi connectivity index (χ1v) is 10.0. The van der Waals surface area contributed by atoms with Gasteiger partial charge in [0.2, 0.25) is 5.91 Å². The van der Waals surface area contributed by atoms with Crippen LogP contribution in [0.4, 0.5) is 13.2 Å². The number of hydrogen-bond donors (Lipinski definition) is 1. The maximum atomic E-state index is 13.1. The number of aromatic nitrogens is 2. The molecule has 2 aromatic rings. The molecule has 0 saturated heterocycles. The Morgan fingerprint density at radius 1 is 1.19 bits per heavy atom. The Bertz CT molecular complexity index is 755. The Hall–Kier alpha value is -1.96. The van der Waals surface area contributed by atoms with Crippen molar-refractivity contribution in [1.82, 2.24) is 14.9 Å². The first-order chi connectivity index (χ1) is 12.9. The highest BCUT2D eigenvalue weighted by Gasteiger charge is 2.31. The highest BCUT2D eigenvalue weighted by atomic mass is 32.2. The van der Waals surface area contributed by atoms with E-state index in [-0.39, 0.29) is 22.9 Å². The van der Waals surface area contributed by atoms with Crippen LogP contribution in [-0.4, -0.2) is 33.4 Å². The fourth-order valence-electron chi connectivity index (χ4n) is 3.29. The van der Waals surface area contributed by atoms with E-state index in [1.807, 2.05) is 0 Å². The second kappa shape index (κ2) is 8.82. The van der Waals surface area contributed by atoms with Crippen molar-refractivity contribution in [2.24, 2.45) is 0 Å². The van der Waals surface area contributed by atoms with E-state index < -0.39 is 12.7 Å². The van der Waals surface area contributed by atoms with Gasteiger partial charge in [0.05, 0.1) is 17.6 Å². The highest BCUT2D eigenvalue weighted by molar-refractivity contribution is 7.99. The van der Waals surface area contributed by atoms with Gasteiger partial charge in [-0.3, -0.25) is 4.79 Å². The van der Waals surface area contributed by atoms with Crippen LogP contribution < -0.4 is 5.32 Å². The summed E-state index contributed by atoms with van der Waals surface area (Å²) in [6, 6.07) is 9.01. The standard InChI is InChI=1S/C19H22F3N3OS/c20-19(21,22)13-25-16(14-7-3-1-4-8-14)11-23-18(25)27-12-17(26)24-15-9-5-2-6-10-15/h1,3-4,7-8,11,15H,2,5-6,9-10,12-13H2,(H,24,26). The Morgan fingerprint density at radius 3 is 2.56 bits per heavy atom. The van der Waals surface area contributed by atoms with Gasteiger partial charge in [0.25, 0.3) is 0 Å². The average Bonchev–Trinajstić information content (AvgIpc) is 3.02. The molecule has 0 atom stereocenters. The van der Waals surface area contributed by atoms with Gasteiger partial charge >= 0.3 is 6.18 Å². The van der Waals surface area contributed by atoms with Crippen molar-refractivity contribution in [1.29, 1.82) is 0 Å². The fourth-order valence-corrected chi connectivity index (χ4v) is 4.08. The van der Waals surface area contributed by atoms with Gasteiger partial charge in [0.1, 0.15) is 6.54 Å². The van der Waals surface area contributed by atoms with Crippen molar-refractivity contribution in [2.45, 2.75) is 56.0 Å². The molecule has 1 saturated carbocycles. The summed E-state index contributed by atoms with van der Waals surface area (Å²) in [7, 11) is 0. The number of nitrogens with one attached hydrogen (secondary N) is 1. The van der Waals surface area contributed by atoms with Crippen molar-refractivity contribution in [2.75, 3.05) is 5.75 Å². The lowest BCUT2D eigenvalue weighted by atomic mass is 9.95. The summed E-state index contributed by atoms with van der Waals surface area (Å²) in [5.74, 6) is -0.103. The summed E-state index contributed by atoms with van der Waals surface area (Å²) in [6.07, 6.45) is 2.40. The Labute approximate surface area is 160 Å². The molecule has 1 amide bonds. The molecule has 1 heterocycles. The minimum atomic E-state index is -4.37. The van der Waals surface area contributed by atoms with Crippen molar-refractivity contribution in [3.05, 3.63) is 36.5 Å². The lowest BCUT2D eigenvalue weighted by molar-refractivity contribution is -0.141. The fraction of sp³-hybridized carbons (Fsp3) is 0.474. The predicted octanol–water partition coefficient (Wildman–Crippen LogP) is 4.65. The molecule has 1 aliphatic rings. The minimum absolute atomic E-state index is 0.0552. The number of imidazole rings is 1. The maximum absolute atomic E-state index is 13.1. The first kappa shape index (κ1) is 19.8. The van der Waals surface area contributed by atoms with Gasteiger partial charge in [-0.25, -0.2) is 4.98 Å². The monoisotopic (exact) mass is 397 g/mol.